The van der Waals surface area contributed by atoms with Gasteiger partial charge in [0.2, 0.25) is 0 Å². The van der Waals surface area contributed by atoms with Gasteiger partial charge >= 0.3 is 0 Å². The summed E-state index contributed by atoms with van der Waals surface area (Å²) < 4.78 is 0. The molecule has 1 nitrogen and oxygen atoms in total. The predicted molar refractivity (Wildman–Crippen MR) is 62.6 cm³/mol. The molecule has 0 aromatic carbocycles. The zero-order valence-corrected chi connectivity index (χ0v) is 9.59. The molecule has 2 aliphatic carbocycles. The molecule has 1 heterocycles. The van der Waals surface area contributed by atoms with Crippen LogP contribution in [0.3, 0.4) is 0 Å². The van der Waals surface area contributed by atoms with Crippen molar-refractivity contribution in [1.29, 1.82) is 0 Å². The molecule has 1 saturated heterocycles. The van der Waals surface area contributed by atoms with E-state index >= 15 is 0 Å². The third kappa shape index (κ3) is 1.43. The highest BCUT2D eigenvalue weighted by molar-refractivity contribution is 7.99. The number of rotatable bonds is 2. The maximum Gasteiger partial charge on any atom is 0.0194 e. The fourth-order valence-electron chi connectivity index (χ4n) is 3.06. The summed E-state index contributed by atoms with van der Waals surface area (Å²) in [6, 6.07) is 1.60. The first kappa shape index (κ1) is 9.29. The Morgan fingerprint density at radius 2 is 2.21 bits per heavy atom. The van der Waals surface area contributed by atoms with E-state index in [0.717, 1.165) is 29.8 Å². The largest absolute Gasteiger partial charge is 0.310 e. The summed E-state index contributed by atoms with van der Waals surface area (Å²) >= 11 is 2.11. The van der Waals surface area contributed by atoms with Crippen LogP contribution < -0.4 is 5.32 Å². The van der Waals surface area contributed by atoms with Gasteiger partial charge < -0.3 is 5.32 Å². The van der Waals surface area contributed by atoms with Gasteiger partial charge in [-0.05, 0) is 36.3 Å². The quantitative estimate of drug-likeness (QED) is 0.700. The van der Waals surface area contributed by atoms with E-state index in [1.165, 1.54) is 24.3 Å². The highest BCUT2D eigenvalue weighted by atomic mass is 32.2. The molecule has 5 unspecified atom stereocenters. The smallest absolute Gasteiger partial charge is 0.0194 e. The van der Waals surface area contributed by atoms with Crippen molar-refractivity contribution in [1.82, 2.24) is 5.32 Å². The summed E-state index contributed by atoms with van der Waals surface area (Å²) in [5, 5.41) is 3.86. The molecule has 3 rings (SSSR count). The fraction of sp³-hybridized carbons (Fsp3) is 0.833. The number of hydrogen-bond donors (Lipinski definition) is 1. The van der Waals surface area contributed by atoms with Gasteiger partial charge in [-0.3, -0.25) is 0 Å². The van der Waals surface area contributed by atoms with E-state index < -0.39 is 0 Å². The lowest BCUT2D eigenvalue weighted by molar-refractivity contribution is 0.146. The van der Waals surface area contributed by atoms with Gasteiger partial charge in [0.25, 0.3) is 0 Å². The molecule has 1 aliphatic heterocycles. The van der Waals surface area contributed by atoms with Crippen LogP contribution in [-0.4, -0.2) is 23.6 Å². The topological polar surface area (TPSA) is 12.0 Å². The molecule has 0 aromatic heterocycles. The highest BCUT2D eigenvalue weighted by Gasteiger charge is 2.42. The monoisotopic (exact) mass is 209 g/mol. The zero-order chi connectivity index (χ0) is 9.54. The van der Waals surface area contributed by atoms with Gasteiger partial charge in [0, 0.05) is 17.8 Å². The summed E-state index contributed by atoms with van der Waals surface area (Å²) in [6.45, 7) is 2.39. The average Bonchev–Trinajstić information content (AvgIpc) is 2.69. The second-order valence-electron chi connectivity index (χ2n) is 5.13. The Bertz CT molecular complexity index is 251. The van der Waals surface area contributed by atoms with Crippen molar-refractivity contribution in [2.24, 2.45) is 17.8 Å². The molecule has 78 valence electrons. The number of thioether (sulfide) groups is 1. The van der Waals surface area contributed by atoms with Gasteiger partial charge in [0.15, 0.2) is 0 Å². The van der Waals surface area contributed by atoms with E-state index in [9.17, 15) is 0 Å². The van der Waals surface area contributed by atoms with Crippen LogP contribution in [-0.2, 0) is 0 Å². The first-order valence-electron chi connectivity index (χ1n) is 5.85. The summed E-state index contributed by atoms with van der Waals surface area (Å²) in [7, 11) is 0. The molecule has 2 fully saturated rings. The molecule has 1 saturated carbocycles. The van der Waals surface area contributed by atoms with Gasteiger partial charge in [0.1, 0.15) is 0 Å². The number of nitrogens with one attached hydrogen (secondary N) is 1. The summed E-state index contributed by atoms with van der Waals surface area (Å²) in [4.78, 5) is 0. The second kappa shape index (κ2) is 3.57. The third-order valence-corrected chi connectivity index (χ3v) is 5.51. The van der Waals surface area contributed by atoms with Crippen molar-refractivity contribution in [2.75, 3.05) is 11.5 Å². The van der Waals surface area contributed by atoms with E-state index in [1.807, 2.05) is 0 Å². The van der Waals surface area contributed by atoms with E-state index in [4.69, 9.17) is 0 Å². The predicted octanol–water partition coefficient (Wildman–Crippen LogP) is 2.29. The van der Waals surface area contributed by atoms with Crippen LogP contribution >= 0.6 is 11.8 Å². The Kier molecular flexibility index (Phi) is 2.37. The summed E-state index contributed by atoms with van der Waals surface area (Å²) in [5.74, 6) is 5.45. The first-order chi connectivity index (χ1) is 6.84. The third-order valence-electron chi connectivity index (χ3n) is 4.16. The minimum Gasteiger partial charge on any atom is -0.310 e. The maximum atomic E-state index is 3.86. The second-order valence-corrected chi connectivity index (χ2v) is 6.21. The number of fused-ring (bicyclic) bond motifs is 1. The van der Waals surface area contributed by atoms with Crippen molar-refractivity contribution in [3.63, 3.8) is 0 Å². The Morgan fingerprint density at radius 3 is 2.93 bits per heavy atom. The molecule has 1 N–H and O–H groups in total. The Labute approximate surface area is 90.7 Å². The highest BCUT2D eigenvalue weighted by Crippen LogP contribution is 2.43. The summed E-state index contributed by atoms with van der Waals surface area (Å²) in [6.07, 6.45) is 7.59. The minimum atomic E-state index is 0.792. The SMILES string of the molecule is CC1CSCC1NC1CC2CC=CC21. The van der Waals surface area contributed by atoms with Crippen molar-refractivity contribution in [2.45, 2.75) is 31.8 Å². The lowest BCUT2D eigenvalue weighted by Crippen LogP contribution is -2.53. The van der Waals surface area contributed by atoms with Gasteiger partial charge in [-0.25, -0.2) is 0 Å². The molecule has 5 atom stereocenters. The van der Waals surface area contributed by atoms with Crippen LogP contribution in [0, 0.1) is 17.8 Å². The molecule has 0 aromatic rings. The standard InChI is InChI=1S/C12H19NS/c1-8-6-14-7-12(8)13-11-5-9-3-2-4-10(9)11/h2,4,8-13H,3,5-7H2,1H3. The van der Waals surface area contributed by atoms with Crippen molar-refractivity contribution in [3.05, 3.63) is 12.2 Å². The van der Waals surface area contributed by atoms with Crippen molar-refractivity contribution < 1.29 is 0 Å². The van der Waals surface area contributed by atoms with Gasteiger partial charge in [0.05, 0.1) is 0 Å². The molecule has 0 spiro atoms. The van der Waals surface area contributed by atoms with E-state index in [-0.39, 0.29) is 0 Å². The van der Waals surface area contributed by atoms with Crippen LogP contribution in [0.25, 0.3) is 0 Å². The molecule has 2 heteroatoms. The molecule has 0 bridgehead atoms. The van der Waals surface area contributed by atoms with Crippen LogP contribution in [0.2, 0.25) is 0 Å². The van der Waals surface area contributed by atoms with Crippen LogP contribution in [0.1, 0.15) is 19.8 Å². The molecule has 0 amide bonds. The van der Waals surface area contributed by atoms with Crippen LogP contribution in [0.4, 0.5) is 0 Å². The Morgan fingerprint density at radius 1 is 1.29 bits per heavy atom. The molecular weight excluding hydrogens is 190 g/mol. The van der Waals surface area contributed by atoms with Crippen LogP contribution in [0.15, 0.2) is 12.2 Å². The molecule has 3 aliphatic rings. The Balaban J connectivity index is 1.55. The maximum absolute atomic E-state index is 3.86. The molecule has 0 radical (unpaired) electrons. The summed E-state index contributed by atoms with van der Waals surface area (Å²) in [5.41, 5.74) is 0. The lowest BCUT2D eigenvalue weighted by atomic mass is 9.71. The Hall–Kier alpha value is 0.0500. The van der Waals surface area contributed by atoms with E-state index in [2.05, 4.69) is 36.2 Å². The van der Waals surface area contributed by atoms with E-state index in [0.29, 0.717) is 0 Å². The molecule has 14 heavy (non-hydrogen) atoms. The van der Waals surface area contributed by atoms with Gasteiger partial charge in [-0.15, -0.1) is 0 Å². The van der Waals surface area contributed by atoms with Gasteiger partial charge in [-0.1, -0.05) is 19.1 Å². The lowest BCUT2D eigenvalue weighted by Gasteiger charge is -2.42. The van der Waals surface area contributed by atoms with Crippen molar-refractivity contribution in [3.8, 4) is 0 Å². The van der Waals surface area contributed by atoms with Crippen molar-refractivity contribution >= 4 is 11.8 Å². The average molecular weight is 209 g/mol. The number of hydrogen-bond acceptors (Lipinski definition) is 2. The van der Waals surface area contributed by atoms with Gasteiger partial charge in [-0.2, -0.15) is 11.8 Å². The number of allylic oxidation sites excluding steroid dienone is 1. The first-order valence-corrected chi connectivity index (χ1v) is 7.00. The normalized spacial score (nSPS) is 50.5. The van der Waals surface area contributed by atoms with E-state index in [1.54, 1.807) is 0 Å². The minimum absolute atomic E-state index is 0.792. The molecular formula is C12H19NS. The van der Waals surface area contributed by atoms with Crippen LogP contribution in [0.5, 0.6) is 0 Å². The fourth-order valence-corrected chi connectivity index (χ4v) is 4.47. The zero-order valence-electron chi connectivity index (χ0n) is 8.78.